The summed E-state index contributed by atoms with van der Waals surface area (Å²) in [6, 6.07) is 14.0. The number of aryl methyl sites for hydroxylation is 3. The fraction of sp³-hybridized carbons (Fsp3) is 0.424. The molecule has 1 aliphatic carbocycles. The maximum Gasteiger partial charge on any atom is 0.228 e. The van der Waals surface area contributed by atoms with E-state index in [9.17, 15) is 0 Å². The Hall–Kier alpha value is -2.87. The lowest BCUT2D eigenvalue weighted by molar-refractivity contribution is -0.659. The molecule has 0 saturated heterocycles. The van der Waals surface area contributed by atoms with Crippen LogP contribution in [0, 0.1) is 19.3 Å². The highest BCUT2D eigenvalue weighted by Crippen LogP contribution is 2.52. The number of benzene rings is 3. The third kappa shape index (κ3) is 3.73. The highest BCUT2D eigenvalue weighted by atomic mass is 16.5. The smallest absolute Gasteiger partial charge is 0.228 e. The van der Waals surface area contributed by atoms with Crippen LogP contribution in [0.3, 0.4) is 0 Å². The first-order valence-electron chi connectivity index (χ1n) is 13.4. The van der Waals surface area contributed by atoms with Gasteiger partial charge in [0.25, 0.3) is 0 Å². The highest BCUT2D eigenvalue weighted by molar-refractivity contribution is 6.06. The molecule has 0 N–H and O–H groups in total. The molecular formula is C33H38NO+. The second-order valence-electron chi connectivity index (χ2n) is 12.3. The van der Waals surface area contributed by atoms with Crippen molar-refractivity contribution in [2.45, 2.75) is 79.1 Å². The summed E-state index contributed by atoms with van der Waals surface area (Å²) in [5, 5.41) is 5.26. The quantitative estimate of drug-likeness (QED) is 0.238. The molecule has 2 aliphatic rings. The van der Waals surface area contributed by atoms with Gasteiger partial charge < -0.3 is 4.74 Å². The minimum absolute atomic E-state index is 0.154. The van der Waals surface area contributed by atoms with E-state index in [1.54, 1.807) is 0 Å². The van der Waals surface area contributed by atoms with Crippen LogP contribution in [0.5, 0.6) is 11.5 Å². The molecule has 4 aromatic rings. The molecule has 35 heavy (non-hydrogen) atoms. The van der Waals surface area contributed by atoms with Crippen LogP contribution < -0.4 is 9.30 Å². The zero-order chi connectivity index (χ0) is 24.5. The van der Waals surface area contributed by atoms with Gasteiger partial charge in [-0.25, -0.2) is 4.57 Å². The molecule has 1 saturated carbocycles. The van der Waals surface area contributed by atoms with E-state index < -0.39 is 0 Å². The first kappa shape index (κ1) is 22.6. The molecule has 0 amide bonds. The monoisotopic (exact) mass is 464 g/mol. The fourth-order valence-electron chi connectivity index (χ4n) is 6.57. The average molecular weight is 465 g/mol. The topological polar surface area (TPSA) is 13.1 Å². The van der Waals surface area contributed by atoms with E-state index in [1.165, 1.54) is 87.2 Å². The van der Waals surface area contributed by atoms with Crippen molar-refractivity contribution in [3.05, 3.63) is 64.8 Å². The van der Waals surface area contributed by atoms with Crippen molar-refractivity contribution in [2.24, 2.45) is 12.5 Å². The molecule has 6 rings (SSSR count). The second kappa shape index (κ2) is 8.08. The third-order valence-electron chi connectivity index (χ3n) is 8.24. The zero-order valence-corrected chi connectivity index (χ0v) is 22.2. The van der Waals surface area contributed by atoms with Gasteiger partial charge in [0.1, 0.15) is 18.5 Å². The zero-order valence-electron chi connectivity index (χ0n) is 22.2. The van der Waals surface area contributed by atoms with Crippen LogP contribution in [0.25, 0.3) is 32.8 Å². The number of nitrogens with zero attached hydrogens (tertiary/aromatic N) is 1. The van der Waals surface area contributed by atoms with Crippen molar-refractivity contribution in [1.29, 1.82) is 0 Å². The average Bonchev–Trinajstić information content (AvgIpc) is 2.83. The minimum atomic E-state index is 0.154. The van der Waals surface area contributed by atoms with Gasteiger partial charge in [-0.1, -0.05) is 69.9 Å². The van der Waals surface area contributed by atoms with Crippen LogP contribution in [-0.4, -0.2) is 0 Å². The molecule has 0 bridgehead atoms. The van der Waals surface area contributed by atoms with E-state index in [0.717, 1.165) is 17.9 Å². The van der Waals surface area contributed by atoms with Gasteiger partial charge in [0.15, 0.2) is 6.20 Å². The van der Waals surface area contributed by atoms with Crippen LogP contribution >= 0.6 is 0 Å². The van der Waals surface area contributed by atoms with Crippen molar-refractivity contribution >= 4 is 21.5 Å². The SMILES string of the molecule is Cc1ccc2c(C)c3c(c(CC(C)(C)C)c2c1)Oc1cc(C2CCCCC2)cc2cc[n+](C)c-3c12. The summed E-state index contributed by atoms with van der Waals surface area (Å²) in [6.07, 6.45) is 9.88. The fourth-order valence-corrected chi connectivity index (χ4v) is 6.57. The van der Waals surface area contributed by atoms with E-state index in [2.05, 4.69) is 88.8 Å². The van der Waals surface area contributed by atoms with Crippen LogP contribution in [0.4, 0.5) is 0 Å². The lowest BCUT2D eigenvalue weighted by atomic mass is 9.80. The Kier molecular flexibility index (Phi) is 5.22. The van der Waals surface area contributed by atoms with Crippen LogP contribution in [0.2, 0.25) is 0 Å². The normalized spacial score (nSPS) is 15.9. The highest BCUT2D eigenvalue weighted by Gasteiger charge is 2.34. The molecule has 0 atom stereocenters. The molecule has 1 aromatic heterocycles. The van der Waals surface area contributed by atoms with E-state index in [4.69, 9.17) is 4.74 Å². The summed E-state index contributed by atoms with van der Waals surface area (Å²) in [5.41, 5.74) is 8.15. The Bertz CT molecular complexity index is 1480. The number of pyridine rings is 1. The molecule has 2 nitrogen and oxygen atoms in total. The van der Waals surface area contributed by atoms with Crippen molar-refractivity contribution in [3.63, 3.8) is 0 Å². The molecule has 2 heteroatoms. The van der Waals surface area contributed by atoms with Gasteiger partial charge in [0.05, 0.1) is 10.9 Å². The summed E-state index contributed by atoms with van der Waals surface area (Å²) in [4.78, 5) is 0. The van der Waals surface area contributed by atoms with Gasteiger partial charge in [-0.3, -0.25) is 0 Å². The van der Waals surface area contributed by atoms with Crippen molar-refractivity contribution in [2.75, 3.05) is 0 Å². The van der Waals surface area contributed by atoms with Gasteiger partial charge in [0, 0.05) is 11.6 Å². The number of rotatable bonds is 2. The first-order valence-corrected chi connectivity index (χ1v) is 13.4. The summed E-state index contributed by atoms with van der Waals surface area (Å²) < 4.78 is 9.34. The molecule has 0 spiro atoms. The molecule has 180 valence electrons. The Morgan fingerprint density at radius 2 is 1.71 bits per heavy atom. The standard InChI is InChI=1S/C33H38NO/c1-20-12-13-25-21(2)29-31-30-23(14-15-34(31)6)17-24(22-10-8-7-9-11-22)18-28(30)35-32(29)27(26(25)16-20)19-33(3,4)5/h12-18,22H,7-11,19H2,1-6H3/q+1. The molecule has 0 unspecified atom stereocenters. The minimum Gasteiger partial charge on any atom is -0.455 e. The van der Waals surface area contributed by atoms with Crippen LogP contribution in [-0.2, 0) is 13.5 Å². The maximum atomic E-state index is 7.03. The van der Waals surface area contributed by atoms with Crippen LogP contribution in [0.15, 0.2) is 42.6 Å². The Balaban J connectivity index is 1.69. The maximum absolute atomic E-state index is 7.03. The summed E-state index contributed by atoms with van der Waals surface area (Å²) in [5.74, 6) is 2.78. The summed E-state index contributed by atoms with van der Waals surface area (Å²) >= 11 is 0. The summed E-state index contributed by atoms with van der Waals surface area (Å²) in [7, 11) is 2.19. The van der Waals surface area contributed by atoms with Gasteiger partial charge in [0.2, 0.25) is 5.69 Å². The summed E-state index contributed by atoms with van der Waals surface area (Å²) in [6.45, 7) is 11.5. The second-order valence-corrected chi connectivity index (χ2v) is 12.3. The molecule has 1 fully saturated rings. The lowest BCUT2D eigenvalue weighted by Crippen LogP contribution is -2.32. The van der Waals surface area contributed by atoms with E-state index >= 15 is 0 Å². The van der Waals surface area contributed by atoms with Gasteiger partial charge in [-0.05, 0) is 77.8 Å². The van der Waals surface area contributed by atoms with E-state index in [0.29, 0.717) is 5.92 Å². The Morgan fingerprint density at radius 1 is 0.943 bits per heavy atom. The van der Waals surface area contributed by atoms with Crippen molar-refractivity contribution < 1.29 is 9.30 Å². The van der Waals surface area contributed by atoms with E-state index in [-0.39, 0.29) is 5.41 Å². The molecule has 0 radical (unpaired) electrons. The number of hydrogen-bond acceptors (Lipinski definition) is 1. The van der Waals surface area contributed by atoms with Gasteiger partial charge in [-0.15, -0.1) is 0 Å². The van der Waals surface area contributed by atoms with Crippen molar-refractivity contribution in [3.8, 4) is 22.8 Å². The predicted molar refractivity (Wildman–Crippen MR) is 147 cm³/mol. The van der Waals surface area contributed by atoms with Gasteiger partial charge in [-0.2, -0.15) is 0 Å². The van der Waals surface area contributed by atoms with E-state index in [1.807, 2.05) is 0 Å². The third-order valence-corrected chi connectivity index (χ3v) is 8.24. The van der Waals surface area contributed by atoms with Crippen LogP contribution in [0.1, 0.15) is 81.0 Å². The number of fused-ring (bicyclic) bond motifs is 3. The Labute approximate surface area is 209 Å². The molecule has 3 aromatic carbocycles. The molecular weight excluding hydrogens is 426 g/mol. The predicted octanol–water partition coefficient (Wildman–Crippen LogP) is 8.84. The number of ether oxygens (including phenoxy) is 1. The number of aromatic nitrogens is 1. The van der Waals surface area contributed by atoms with Crippen molar-refractivity contribution in [1.82, 2.24) is 0 Å². The van der Waals surface area contributed by atoms with Gasteiger partial charge >= 0.3 is 0 Å². The first-order chi connectivity index (χ1) is 16.7. The Morgan fingerprint density at radius 3 is 2.46 bits per heavy atom. The number of hydrogen-bond donors (Lipinski definition) is 0. The molecule has 2 heterocycles. The molecule has 1 aliphatic heterocycles. The largest absolute Gasteiger partial charge is 0.455 e. The lowest BCUT2D eigenvalue weighted by Gasteiger charge is -2.29.